The van der Waals surface area contributed by atoms with Crippen LogP contribution in [0, 0.1) is 23.6 Å². The Kier molecular flexibility index (Phi) is 5.27. The zero-order valence-corrected chi connectivity index (χ0v) is 20.2. The Morgan fingerprint density at radius 3 is 2.66 bits per heavy atom. The molecule has 3 fully saturated rings. The number of hydrogen-bond acceptors (Lipinski definition) is 7. The molecule has 2 atom stereocenters. The van der Waals surface area contributed by atoms with Gasteiger partial charge in [-0.05, 0) is 67.9 Å². The fourth-order valence-electron chi connectivity index (χ4n) is 6.14. The second-order valence-corrected chi connectivity index (χ2v) is 10.1. The van der Waals surface area contributed by atoms with Crippen LogP contribution in [0.15, 0.2) is 63.9 Å². The van der Waals surface area contributed by atoms with Crippen LogP contribution in [0.5, 0.6) is 0 Å². The summed E-state index contributed by atoms with van der Waals surface area (Å²) in [6.07, 6.45) is 8.29. The molecule has 5 heterocycles. The van der Waals surface area contributed by atoms with Gasteiger partial charge in [0, 0.05) is 29.3 Å². The van der Waals surface area contributed by atoms with Crippen LogP contribution in [-0.4, -0.2) is 37.1 Å². The van der Waals surface area contributed by atoms with E-state index in [2.05, 4.69) is 15.3 Å². The number of nitrogens with zero attached hydrogens (tertiary/aromatic N) is 3. The van der Waals surface area contributed by atoms with E-state index in [1.807, 2.05) is 0 Å². The third-order valence-electron chi connectivity index (χ3n) is 7.91. The van der Waals surface area contributed by atoms with E-state index >= 15 is 0 Å². The minimum Gasteiger partial charge on any atom is -0.481 e. The number of halogens is 1. The van der Waals surface area contributed by atoms with Gasteiger partial charge in [0.2, 0.25) is 0 Å². The number of carboxylic acids is 1. The highest BCUT2D eigenvalue weighted by molar-refractivity contribution is 5.92. The smallest absolute Gasteiger partial charge is 0.308 e. The molecule has 38 heavy (non-hydrogen) atoms. The number of hydrogen-bond donors (Lipinski definition) is 3. The Morgan fingerprint density at radius 2 is 1.87 bits per heavy atom. The molecule has 10 heteroatoms. The highest BCUT2D eigenvalue weighted by atomic mass is 19.1. The SMILES string of the molecule is O=C(O)C1C2CCC(CC2)C1Nc1cc(-c2ccc(-c3ccco3)o2)nc(-c2c[nH]c3ncc(F)cc23)n1. The highest BCUT2D eigenvalue weighted by Gasteiger charge is 2.47. The Bertz CT molecular complexity index is 1630. The van der Waals surface area contributed by atoms with Crippen molar-refractivity contribution in [1.82, 2.24) is 19.9 Å². The molecule has 0 radical (unpaired) electrons. The minimum atomic E-state index is -0.779. The molecule has 2 bridgehead atoms. The summed E-state index contributed by atoms with van der Waals surface area (Å²) < 4.78 is 25.6. The molecule has 5 aromatic heterocycles. The molecule has 5 aromatic rings. The fraction of sp³-hybridized carbons (Fsp3) is 0.286. The lowest BCUT2D eigenvalue weighted by Crippen LogP contribution is -2.51. The van der Waals surface area contributed by atoms with E-state index in [0.717, 1.165) is 31.9 Å². The first-order valence-electron chi connectivity index (χ1n) is 12.7. The van der Waals surface area contributed by atoms with E-state index in [1.54, 1.807) is 42.8 Å². The van der Waals surface area contributed by atoms with Crippen molar-refractivity contribution < 1.29 is 23.1 Å². The third kappa shape index (κ3) is 3.84. The van der Waals surface area contributed by atoms with E-state index in [9.17, 15) is 14.3 Å². The quantitative estimate of drug-likeness (QED) is 0.253. The number of aromatic nitrogens is 4. The van der Waals surface area contributed by atoms with E-state index in [-0.39, 0.29) is 17.9 Å². The number of fused-ring (bicyclic) bond motifs is 4. The Balaban J connectivity index is 1.33. The van der Waals surface area contributed by atoms with Gasteiger partial charge in [0.15, 0.2) is 23.1 Å². The topological polar surface area (TPSA) is 130 Å². The van der Waals surface area contributed by atoms with Crippen LogP contribution in [0.4, 0.5) is 10.2 Å². The lowest BCUT2D eigenvalue weighted by molar-refractivity contribution is -0.148. The van der Waals surface area contributed by atoms with Gasteiger partial charge in [-0.25, -0.2) is 19.3 Å². The maximum Gasteiger partial charge on any atom is 0.308 e. The molecule has 3 saturated carbocycles. The molecule has 8 rings (SSSR count). The predicted molar refractivity (Wildman–Crippen MR) is 136 cm³/mol. The average molecular weight is 514 g/mol. The van der Waals surface area contributed by atoms with Crippen molar-refractivity contribution >= 4 is 22.8 Å². The van der Waals surface area contributed by atoms with E-state index in [0.29, 0.717) is 51.2 Å². The molecule has 3 N–H and O–H groups in total. The highest BCUT2D eigenvalue weighted by Crippen LogP contribution is 2.46. The van der Waals surface area contributed by atoms with Crippen LogP contribution in [0.25, 0.3) is 45.4 Å². The van der Waals surface area contributed by atoms with Crippen LogP contribution in [0.1, 0.15) is 25.7 Å². The summed E-state index contributed by atoms with van der Waals surface area (Å²) in [7, 11) is 0. The summed E-state index contributed by atoms with van der Waals surface area (Å²) in [6, 6.07) is 10.1. The summed E-state index contributed by atoms with van der Waals surface area (Å²) in [4.78, 5) is 28.9. The van der Waals surface area contributed by atoms with Gasteiger partial charge in [0.1, 0.15) is 23.0 Å². The van der Waals surface area contributed by atoms with Crippen LogP contribution in [0.2, 0.25) is 0 Å². The second-order valence-electron chi connectivity index (χ2n) is 10.1. The maximum atomic E-state index is 14.1. The predicted octanol–water partition coefficient (Wildman–Crippen LogP) is 5.98. The largest absolute Gasteiger partial charge is 0.481 e. The molecule has 0 saturated heterocycles. The van der Waals surface area contributed by atoms with Gasteiger partial charge < -0.3 is 24.2 Å². The van der Waals surface area contributed by atoms with Gasteiger partial charge in [-0.3, -0.25) is 4.79 Å². The number of pyridine rings is 1. The zero-order valence-electron chi connectivity index (χ0n) is 20.2. The number of aliphatic carboxylic acids is 1. The van der Waals surface area contributed by atoms with Crippen molar-refractivity contribution in [2.75, 3.05) is 5.32 Å². The molecule has 0 aliphatic heterocycles. The van der Waals surface area contributed by atoms with E-state index in [1.165, 1.54) is 6.07 Å². The normalized spacial score (nSPS) is 22.7. The molecule has 3 aliphatic rings. The lowest BCUT2D eigenvalue weighted by atomic mass is 9.61. The lowest BCUT2D eigenvalue weighted by Gasteiger charge is -2.47. The first kappa shape index (κ1) is 22.7. The molecule has 0 aromatic carbocycles. The Hall–Kier alpha value is -4.47. The molecule has 0 amide bonds. The van der Waals surface area contributed by atoms with Gasteiger partial charge >= 0.3 is 5.97 Å². The molecular weight excluding hydrogens is 489 g/mol. The van der Waals surface area contributed by atoms with Gasteiger partial charge in [-0.15, -0.1) is 0 Å². The van der Waals surface area contributed by atoms with Gasteiger partial charge in [0.25, 0.3) is 0 Å². The second kappa shape index (κ2) is 8.83. The Morgan fingerprint density at radius 1 is 1.05 bits per heavy atom. The van der Waals surface area contributed by atoms with Crippen LogP contribution in [0.3, 0.4) is 0 Å². The number of furan rings is 2. The van der Waals surface area contributed by atoms with Crippen molar-refractivity contribution in [2.45, 2.75) is 31.7 Å². The standard InChI is InChI=1S/C28H24FN5O4/c29-16-10-17-18(13-31-26(17)30-12-16)27-32-19(20-7-8-22(38-20)21-2-1-9-37-21)11-23(34-27)33-25-15-5-3-14(4-6-15)24(25)28(35)36/h1-2,7-15,24-25H,3-6H2,(H,30,31)(H,35,36)(H,32,33,34). The van der Waals surface area contributed by atoms with Crippen molar-refractivity contribution in [3.05, 3.63) is 60.9 Å². The summed E-state index contributed by atoms with van der Waals surface area (Å²) in [6.45, 7) is 0. The number of rotatable bonds is 6. The van der Waals surface area contributed by atoms with Gasteiger partial charge in [0.05, 0.1) is 18.4 Å². The van der Waals surface area contributed by atoms with Gasteiger partial charge in [-0.2, -0.15) is 0 Å². The van der Waals surface area contributed by atoms with Crippen molar-refractivity contribution in [1.29, 1.82) is 0 Å². The van der Waals surface area contributed by atoms with Crippen LogP contribution in [-0.2, 0) is 4.79 Å². The van der Waals surface area contributed by atoms with Crippen molar-refractivity contribution in [2.24, 2.45) is 17.8 Å². The number of H-pyrrole nitrogens is 1. The van der Waals surface area contributed by atoms with Crippen LogP contribution >= 0.6 is 0 Å². The van der Waals surface area contributed by atoms with Crippen LogP contribution < -0.4 is 5.32 Å². The van der Waals surface area contributed by atoms with E-state index in [4.69, 9.17) is 18.8 Å². The van der Waals surface area contributed by atoms with Crippen molar-refractivity contribution in [3.8, 4) is 34.4 Å². The molecule has 9 nitrogen and oxygen atoms in total. The van der Waals surface area contributed by atoms with Crippen molar-refractivity contribution in [3.63, 3.8) is 0 Å². The Labute approximate surface area is 216 Å². The summed E-state index contributed by atoms with van der Waals surface area (Å²) in [5.41, 5.74) is 1.59. The number of anilines is 1. The molecule has 3 aliphatic carbocycles. The fourth-order valence-corrected chi connectivity index (χ4v) is 6.14. The molecule has 0 spiro atoms. The minimum absolute atomic E-state index is 0.152. The number of carbonyl (C=O) groups is 1. The zero-order chi connectivity index (χ0) is 25.8. The number of carboxylic acid groups (broad SMARTS) is 1. The van der Waals surface area contributed by atoms with E-state index < -0.39 is 17.7 Å². The average Bonchev–Trinajstić information content (AvgIpc) is 3.69. The molecular formula is C28H24FN5O4. The number of nitrogens with one attached hydrogen (secondary N) is 2. The maximum absolute atomic E-state index is 14.1. The third-order valence-corrected chi connectivity index (χ3v) is 7.91. The van der Waals surface area contributed by atoms with Gasteiger partial charge in [-0.1, -0.05) is 0 Å². The first-order valence-corrected chi connectivity index (χ1v) is 12.7. The first-order chi connectivity index (χ1) is 18.5. The number of aromatic amines is 1. The summed E-state index contributed by atoms with van der Waals surface area (Å²) >= 11 is 0. The molecule has 2 unspecified atom stereocenters. The monoisotopic (exact) mass is 513 g/mol. The molecule has 192 valence electrons. The summed E-state index contributed by atoms with van der Waals surface area (Å²) in [5, 5.41) is 14.0. The summed E-state index contributed by atoms with van der Waals surface area (Å²) in [5.74, 6) is 1.14.